The monoisotopic (exact) mass is 216 g/mol. The van der Waals surface area contributed by atoms with Crippen LogP contribution in [0.4, 0.5) is 0 Å². The molecule has 0 saturated carbocycles. The van der Waals surface area contributed by atoms with Crippen molar-refractivity contribution in [2.45, 2.75) is 54.0 Å². The minimum atomic E-state index is 0. The fourth-order valence-electron chi connectivity index (χ4n) is 2.23. The molecule has 2 rings (SSSR count). The summed E-state index contributed by atoms with van der Waals surface area (Å²) in [6.07, 6.45) is 2.76. The van der Waals surface area contributed by atoms with Crippen LogP contribution >= 0.6 is 0 Å². The van der Waals surface area contributed by atoms with Gasteiger partial charge < -0.3 is 10.2 Å². The Hall–Kier alpha value is -0.0800. The van der Waals surface area contributed by atoms with Gasteiger partial charge in [-0.25, -0.2) is 0 Å². The first-order chi connectivity index (χ1) is 6.86. The van der Waals surface area contributed by atoms with E-state index in [1.54, 1.807) is 0 Å². The average Bonchev–Trinajstić information content (AvgIpc) is 2.71. The Morgan fingerprint density at radius 3 is 2.27 bits per heavy atom. The maximum Gasteiger partial charge on any atom is 0.0120 e. The van der Waals surface area contributed by atoms with E-state index in [0.29, 0.717) is 0 Å². The standard InChI is InChI=1S/C8H16N2.2C2H6.CH4/c1-10-5-3-8-7(6-10)2-4-9-8;2*1-2;/h7-9H,2-6H2,1H3;2*1-2H3;1H4/t7?,8-;;;/m1.../s1. The van der Waals surface area contributed by atoms with E-state index in [4.69, 9.17) is 0 Å². The molecule has 2 heterocycles. The van der Waals surface area contributed by atoms with Crippen molar-refractivity contribution in [2.24, 2.45) is 5.92 Å². The lowest BCUT2D eigenvalue weighted by Crippen LogP contribution is -2.42. The lowest BCUT2D eigenvalue weighted by Gasteiger charge is -2.31. The smallest absolute Gasteiger partial charge is 0.0120 e. The molecule has 1 N–H and O–H groups in total. The van der Waals surface area contributed by atoms with Gasteiger partial charge in [-0.1, -0.05) is 35.1 Å². The largest absolute Gasteiger partial charge is 0.314 e. The van der Waals surface area contributed by atoms with Crippen molar-refractivity contribution in [2.75, 3.05) is 26.7 Å². The molecule has 0 aromatic heterocycles. The van der Waals surface area contributed by atoms with Crippen molar-refractivity contribution in [1.29, 1.82) is 0 Å². The highest BCUT2D eigenvalue weighted by atomic mass is 15.1. The molecular weight excluding hydrogens is 184 g/mol. The minimum Gasteiger partial charge on any atom is -0.314 e. The molecule has 2 saturated heterocycles. The first-order valence-corrected chi connectivity index (χ1v) is 6.28. The third-order valence-electron chi connectivity index (χ3n) is 2.86. The van der Waals surface area contributed by atoms with Crippen molar-refractivity contribution >= 4 is 0 Å². The van der Waals surface area contributed by atoms with E-state index in [2.05, 4.69) is 17.3 Å². The van der Waals surface area contributed by atoms with Crippen LogP contribution in [0.3, 0.4) is 0 Å². The van der Waals surface area contributed by atoms with E-state index in [-0.39, 0.29) is 7.43 Å². The third kappa shape index (κ3) is 5.53. The highest BCUT2D eigenvalue weighted by Gasteiger charge is 2.30. The molecule has 0 amide bonds. The quantitative estimate of drug-likeness (QED) is 0.670. The Morgan fingerprint density at radius 1 is 1.07 bits per heavy atom. The van der Waals surface area contributed by atoms with Gasteiger partial charge in [0.1, 0.15) is 0 Å². The summed E-state index contributed by atoms with van der Waals surface area (Å²) in [5, 5.41) is 3.55. The zero-order chi connectivity index (χ0) is 11.0. The number of hydrogen-bond donors (Lipinski definition) is 1. The molecule has 2 heteroatoms. The Balaban J connectivity index is 0. The topological polar surface area (TPSA) is 15.3 Å². The number of rotatable bonds is 0. The summed E-state index contributed by atoms with van der Waals surface area (Å²) in [4.78, 5) is 2.45. The van der Waals surface area contributed by atoms with Crippen LogP contribution in [0.1, 0.15) is 48.0 Å². The van der Waals surface area contributed by atoms with E-state index in [1.807, 2.05) is 27.7 Å². The maximum atomic E-state index is 3.55. The van der Waals surface area contributed by atoms with Crippen LogP contribution in [0.5, 0.6) is 0 Å². The predicted octanol–water partition coefficient (Wildman–Crippen LogP) is 2.99. The van der Waals surface area contributed by atoms with Crippen LogP contribution in [0, 0.1) is 5.92 Å². The van der Waals surface area contributed by atoms with E-state index in [1.165, 1.54) is 32.5 Å². The second-order valence-corrected chi connectivity index (χ2v) is 3.66. The summed E-state index contributed by atoms with van der Waals surface area (Å²) in [7, 11) is 2.23. The third-order valence-corrected chi connectivity index (χ3v) is 2.86. The summed E-state index contributed by atoms with van der Waals surface area (Å²) in [5.74, 6) is 0.957. The van der Waals surface area contributed by atoms with Gasteiger partial charge in [-0.2, -0.15) is 0 Å². The predicted molar refractivity (Wildman–Crippen MR) is 71.4 cm³/mol. The highest BCUT2D eigenvalue weighted by molar-refractivity contribution is 4.89. The van der Waals surface area contributed by atoms with Crippen LogP contribution in [-0.4, -0.2) is 37.6 Å². The molecule has 2 nitrogen and oxygen atoms in total. The maximum absolute atomic E-state index is 3.55. The summed E-state index contributed by atoms with van der Waals surface area (Å²) >= 11 is 0. The summed E-state index contributed by atoms with van der Waals surface area (Å²) in [6, 6.07) is 0.858. The Labute approximate surface area is 97.4 Å². The molecule has 2 fully saturated rings. The minimum absolute atomic E-state index is 0. The van der Waals surface area contributed by atoms with Crippen LogP contribution in [-0.2, 0) is 0 Å². The molecule has 2 aliphatic heterocycles. The summed E-state index contributed by atoms with van der Waals surface area (Å²) in [5.41, 5.74) is 0. The highest BCUT2D eigenvalue weighted by Crippen LogP contribution is 2.23. The molecule has 0 bridgehead atoms. The lowest BCUT2D eigenvalue weighted by atomic mass is 9.94. The first kappa shape index (κ1) is 17.3. The van der Waals surface area contributed by atoms with Gasteiger partial charge in [0, 0.05) is 12.6 Å². The summed E-state index contributed by atoms with van der Waals surface area (Å²) < 4.78 is 0. The normalized spacial score (nSPS) is 28.6. The molecule has 0 aromatic rings. The van der Waals surface area contributed by atoms with Crippen LogP contribution < -0.4 is 5.32 Å². The van der Waals surface area contributed by atoms with Gasteiger partial charge in [0.2, 0.25) is 0 Å². The molecule has 0 aromatic carbocycles. The molecule has 2 aliphatic rings. The molecular formula is C13H32N2. The number of fused-ring (bicyclic) bond motifs is 1. The van der Waals surface area contributed by atoms with Gasteiger partial charge in [0.05, 0.1) is 0 Å². The molecule has 0 aliphatic carbocycles. The molecule has 0 radical (unpaired) electrons. The Kier molecular flexibility index (Phi) is 12.1. The van der Waals surface area contributed by atoms with Crippen molar-refractivity contribution < 1.29 is 0 Å². The zero-order valence-electron chi connectivity index (χ0n) is 10.6. The van der Waals surface area contributed by atoms with E-state index < -0.39 is 0 Å². The van der Waals surface area contributed by atoms with Crippen molar-refractivity contribution in [3.8, 4) is 0 Å². The van der Waals surface area contributed by atoms with Crippen molar-refractivity contribution in [1.82, 2.24) is 10.2 Å². The number of hydrogen-bond acceptors (Lipinski definition) is 2. The SMILES string of the molecule is C.CC.CC.CN1CC[C@H]2NCCC2C1. The van der Waals surface area contributed by atoms with Gasteiger partial charge >= 0.3 is 0 Å². The van der Waals surface area contributed by atoms with Crippen LogP contribution in [0.25, 0.3) is 0 Å². The van der Waals surface area contributed by atoms with Crippen molar-refractivity contribution in [3.63, 3.8) is 0 Å². The zero-order valence-corrected chi connectivity index (χ0v) is 10.6. The van der Waals surface area contributed by atoms with Crippen molar-refractivity contribution in [3.05, 3.63) is 0 Å². The molecule has 94 valence electrons. The number of piperidine rings is 1. The van der Waals surface area contributed by atoms with Gasteiger partial charge in [-0.15, -0.1) is 0 Å². The van der Waals surface area contributed by atoms with Gasteiger partial charge in [0.25, 0.3) is 0 Å². The number of likely N-dealkylation sites (tertiary alicyclic amines) is 1. The second-order valence-electron chi connectivity index (χ2n) is 3.66. The Morgan fingerprint density at radius 2 is 1.67 bits per heavy atom. The molecule has 2 atom stereocenters. The Bertz CT molecular complexity index is 126. The van der Waals surface area contributed by atoms with Gasteiger partial charge in [-0.3, -0.25) is 0 Å². The fourth-order valence-corrected chi connectivity index (χ4v) is 2.23. The van der Waals surface area contributed by atoms with Gasteiger partial charge in [0.15, 0.2) is 0 Å². The number of nitrogens with one attached hydrogen (secondary N) is 1. The van der Waals surface area contributed by atoms with Crippen LogP contribution in [0.15, 0.2) is 0 Å². The second kappa shape index (κ2) is 10.4. The molecule has 0 spiro atoms. The first-order valence-electron chi connectivity index (χ1n) is 6.28. The lowest BCUT2D eigenvalue weighted by molar-refractivity contribution is 0.195. The van der Waals surface area contributed by atoms with E-state index >= 15 is 0 Å². The van der Waals surface area contributed by atoms with Crippen LogP contribution in [0.2, 0.25) is 0 Å². The fraction of sp³-hybridized carbons (Fsp3) is 1.00. The molecule has 15 heavy (non-hydrogen) atoms. The number of nitrogens with zero attached hydrogens (tertiary/aromatic N) is 1. The average molecular weight is 216 g/mol. The molecule has 1 unspecified atom stereocenters. The van der Waals surface area contributed by atoms with Gasteiger partial charge in [-0.05, 0) is 38.9 Å². The van der Waals surface area contributed by atoms with E-state index in [0.717, 1.165) is 12.0 Å². The summed E-state index contributed by atoms with van der Waals surface area (Å²) in [6.45, 7) is 11.9. The van der Waals surface area contributed by atoms with E-state index in [9.17, 15) is 0 Å².